The van der Waals surface area contributed by atoms with Gasteiger partial charge in [-0.1, -0.05) is 45.4 Å². The number of rotatable bonds is 13. The number of hydrogen-bond donors (Lipinski definition) is 9. The molecule has 0 radical (unpaired) electrons. The second-order valence-electron chi connectivity index (χ2n) is 8.82. The molecule has 0 aromatic rings. The number of aliphatic hydroxyl groups is 8. The molecule has 0 unspecified atom stereocenters. The third kappa shape index (κ3) is 9.13. The fourth-order valence-corrected chi connectivity index (χ4v) is 3.86. The largest absolute Gasteiger partial charge is 0.481 e. The second kappa shape index (κ2) is 16.0. The van der Waals surface area contributed by atoms with Gasteiger partial charge in [-0.3, -0.25) is 4.79 Å². The lowest BCUT2D eigenvalue weighted by molar-refractivity contribution is -0.383. The summed E-state index contributed by atoms with van der Waals surface area (Å²) in [6.45, 7) is -0.124. The molecule has 9 atom stereocenters. The molecule has 13 nitrogen and oxygen atoms in total. The monoisotopic (exact) mass is 514 g/mol. The smallest absolute Gasteiger partial charge is 0.303 e. The summed E-state index contributed by atoms with van der Waals surface area (Å²) in [5, 5.41) is 85.0. The minimum absolute atomic E-state index is 0.341. The fraction of sp³-hybridized carbons (Fsp3) is 0.955. The SMILES string of the molecule is CCCCCCCCCC(=O)O.OC[C@H]1O[C@@](CO)(O[C@H]2O[C@H](CO)[C@@H](O)[C@H](O)[C@H]2O)[C@@H](O)[C@@H]1O. The van der Waals surface area contributed by atoms with Gasteiger partial charge in [-0.15, -0.1) is 0 Å². The highest BCUT2D eigenvalue weighted by Gasteiger charge is 2.58. The van der Waals surface area contributed by atoms with E-state index in [1.807, 2.05) is 0 Å². The van der Waals surface area contributed by atoms with Gasteiger partial charge < -0.3 is 60.2 Å². The van der Waals surface area contributed by atoms with Crippen molar-refractivity contribution in [2.75, 3.05) is 19.8 Å². The lowest BCUT2D eigenvalue weighted by Crippen LogP contribution is -2.62. The van der Waals surface area contributed by atoms with Gasteiger partial charge in [0.15, 0.2) is 6.29 Å². The Balaban J connectivity index is 0.000000434. The average molecular weight is 515 g/mol. The number of aliphatic carboxylic acids is 1. The molecule has 9 N–H and O–H groups in total. The van der Waals surface area contributed by atoms with Gasteiger partial charge in [0.05, 0.1) is 13.2 Å². The van der Waals surface area contributed by atoms with Gasteiger partial charge >= 0.3 is 5.97 Å². The molecule has 0 aromatic heterocycles. The van der Waals surface area contributed by atoms with Crippen LogP contribution in [0.3, 0.4) is 0 Å². The third-order valence-corrected chi connectivity index (χ3v) is 6.06. The van der Waals surface area contributed by atoms with Crippen molar-refractivity contribution < 1.29 is 65.0 Å². The molecule has 13 heteroatoms. The molecule has 0 aromatic carbocycles. The molecule has 0 aliphatic carbocycles. The van der Waals surface area contributed by atoms with E-state index in [0.29, 0.717) is 6.42 Å². The van der Waals surface area contributed by atoms with E-state index >= 15 is 0 Å². The van der Waals surface area contributed by atoms with E-state index in [4.69, 9.17) is 29.5 Å². The van der Waals surface area contributed by atoms with E-state index in [0.717, 1.165) is 12.8 Å². The first-order valence-corrected chi connectivity index (χ1v) is 12.0. The van der Waals surface area contributed by atoms with Crippen LogP contribution < -0.4 is 0 Å². The number of carboxylic acid groups (broad SMARTS) is 1. The van der Waals surface area contributed by atoms with Crippen molar-refractivity contribution in [1.29, 1.82) is 0 Å². The lowest BCUT2D eigenvalue weighted by Gasteiger charge is -2.43. The number of aliphatic hydroxyl groups excluding tert-OH is 8. The van der Waals surface area contributed by atoms with Gasteiger partial charge in [-0.2, -0.15) is 0 Å². The predicted molar refractivity (Wildman–Crippen MR) is 119 cm³/mol. The van der Waals surface area contributed by atoms with Crippen LogP contribution in [0.1, 0.15) is 58.3 Å². The summed E-state index contributed by atoms with van der Waals surface area (Å²) in [7, 11) is 0. The number of carbonyl (C=O) groups is 1. The van der Waals surface area contributed by atoms with Gasteiger partial charge in [-0.25, -0.2) is 0 Å². The first-order chi connectivity index (χ1) is 16.6. The standard InChI is InChI=1S/C12H22O11.C10H20O2/c13-1-4-6(16)8(18)9(19)11(21-4)23-12(3-15)10(20)7(17)5(2-14)22-12;1-2-3-4-5-6-7-8-9-10(11)12/h4-11,13-20H,1-3H2;2-9H2,1H3,(H,11,12)/t4-,5-,6-,7-,8+,9-,10+,11-,12+;/m1./s1. The van der Waals surface area contributed by atoms with Crippen molar-refractivity contribution in [1.82, 2.24) is 0 Å². The first kappa shape index (κ1) is 32.1. The molecule has 208 valence electrons. The van der Waals surface area contributed by atoms with Crippen molar-refractivity contribution in [3.05, 3.63) is 0 Å². The Kier molecular flexibility index (Phi) is 14.6. The van der Waals surface area contributed by atoms with Crippen molar-refractivity contribution in [3.63, 3.8) is 0 Å². The zero-order valence-electron chi connectivity index (χ0n) is 20.1. The van der Waals surface area contributed by atoms with Crippen LogP contribution in [0.25, 0.3) is 0 Å². The fourth-order valence-electron chi connectivity index (χ4n) is 3.86. The number of ether oxygens (including phenoxy) is 3. The van der Waals surface area contributed by atoms with E-state index < -0.39 is 80.6 Å². The predicted octanol–water partition coefficient (Wildman–Crippen LogP) is -2.18. The molecule has 0 spiro atoms. The molecule has 0 bridgehead atoms. The Hall–Kier alpha value is -0.970. The first-order valence-electron chi connectivity index (χ1n) is 12.0. The Bertz CT molecular complexity index is 592. The van der Waals surface area contributed by atoms with E-state index in [-0.39, 0.29) is 0 Å². The molecule has 2 saturated heterocycles. The molecule has 2 rings (SSSR count). The van der Waals surface area contributed by atoms with E-state index in [1.54, 1.807) is 0 Å². The van der Waals surface area contributed by atoms with Crippen LogP contribution in [-0.4, -0.2) is 127 Å². The summed E-state index contributed by atoms with van der Waals surface area (Å²) >= 11 is 0. The Morgan fingerprint density at radius 1 is 0.800 bits per heavy atom. The number of carboxylic acids is 1. The van der Waals surface area contributed by atoms with Crippen LogP contribution >= 0.6 is 0 Å². The Morgan fingerprint density at radius 3 is 1.86 bits per heavy atom. The molecule has 35 heavy (non-hydrogen) atoms. The molecule has 2 aliphatic rings. The molecular formula is C22H42O13. The Labute approximate surface area is 204 Å². The van der Waals surface area contributed by atoms with Gasteiger partial charge in [0.1, 0.15) is 49.3 Å². The molecule has 0 amide bonds. The third-order valence-electron chi connectivity index (χ3n) is 6.06. The molecule has 2 aliphatic heterocycles. The van der Waals surface area contributed by atoms with E-state index in [2.05, 4.69) is 6.92 Å². The van der Waals surface area contributed by atoms with Gasteiger partial charge in [-0.05, 0) is 6.42 Å². The summed E-state index contributed by atoms with van der Waals surface area (Å²) in [5.74, 6) is -2.89. The van der Waals surface area contributed by atoms with Gasteiger partial charge in [0.2, 0.25) is 5.79 Å². The van der Waals surface area contributed by atoms with E-state index in [1.165, 1.54) is 32.1 Å². The maximum Gasteiger partial charge on any atom is 0.303 e. The van der Waals surface area contributed by atoms with Crippen molar-refractivity contribution in [3.8, 4) is 0 Å². The van der Waals surface area contributed by atoms with Crippen LogP contribution in [0.5, 0.6) is 0 Å². The zero-order valence-corrected chi connectivity index (χ0v) is 20.1. The normalized spacial score (nSPS) is 37.1. The van der Waals surface area contributed by atoms with Crippen LogP contribution in [0.4, 0.5) is 0 Å². The lowest BCUT2D eigenvalue weighted by atomic mass is 9.99. The summed E-state index contributed by atoms with van der Waals surface area (Å²) in [5.41, 5.74) is 0. The van der Waals surface area contributed by atoms with Crippen molar-refractivity contribution in [2.24, 2.45) is 0 Å². The van der Waals surface area contributed by atoms with Gasteiger partial charge in [0.25, 0.3) is 0 Å². The summed E-state index contributed by atoms with van der Waals surface area (Å²) in [4.78, 5) is 10.1. The topological polar surface area (TPSA) is 227 Å². The highest BCUT2D eigenvalue weighted by Crippen LogP contribution is 2.35. The van der Waals surface area contributed by atoms with Crippen molar-refractivity contribution >= 4 is 5.97 Å². The highest BCUT2D eigenvalue weighted by molar-refractivity contribution is 5.66. The second-order valence-corrected chi connectivity index (χ2v) is 8.82. The zero-order chi connectivity index (χ0) is 26.6. The maximum atomic E-state index is 10.1. The minimum atomic E-state index is -2.22. The molecule has 2 fully saturated rings. The minimum Gasteiger partial charge on any atom is -0.481 e. The van der Waals surface area contributed by atoms with Crippen LogP contribution in [0, 0.1) is 0 Å². The molecular weight excluding hydrogens is 472 g/mol. The van der Waals surface area contributed by atoms with Gasteiger partial charge in [0, 0.05) is 6.42 Å². The highest BCUT2D eigenvalue weighted by atomic mass is 16.8. The Morgan fingerprint density at radius 2 is 1.37 bits per heavy atom. The summed E-state index contributed by atoms with van der Waals surface area (Å²) in [6, 6.07) is 0. The average Bonchev–Trinajstić information content (AvgIpc) is 3.09. The van der Waals surface area contributed by atoms with E-state index in [9.17, 15) is 35.4 Å². The molecule has 0 saturated carbocycles. The van der Waals surface area contributed by atoms with Crippen LogP contribution in [0.2, 0.25) is 0 Å². The summed E-state index contributed by atoms with van der Waals surface area (Å²) in [6.07, 6.45) is -4.01. The molecule has 2 heterocycles. The summed E-state index contributed by atoms with van der Waals surface area (Å²) < 4.78 is 15.4. The quantitative estimate of drug-likeness (QED) is 0.119. The van der Waals surface area contributed by atoms with Crippen LogP contribution in [-0.2, 0) is 19.0 Å². The number of unbranched alkanes of at least 4 members (excludes halogenated alkanes) is 6. The maximum absolute atomic E-state index is 10.1. The number of hydrogen-bond acceptors (Lipinski definition) is 12. The van der Waals surface area contributed by atoms with Crippen molar-refractivity contribution in [2.45, 2.75) is 113 Å². The van der Waals surface area contributed by atoms with Crippen LogP contribution in [0.15, 0.2) is 0 Å².